The molecule has 1 aromatic carbocycles. The molecule has 0 saturated carbocycles. The van der Waals surface area contributed by atoms with E-state index in [1.165, 1.54) is 33.1 Å². The van der Waals surface area contributed by atoms with Gasteiger partial charge in [0.25, 0.3) is 0 Å². The summed E-state index contributed by atoms with van der Waals surface area (Å²) in [6.07, 6.45) is 2.20. The molecule has 4 heteroatoms. The number of fused-ring (bicyclic) bond motifs is 3. The number of hydrogen-bond acceptors (Lipinski definition) is 2. The van der Waals surface area contributed by atoms with Crippen LogP contribution in [0.15, 0.2) is 22.7 Å². The van der Waals surface area contributed by atoms with Gasteiger partial charge in [-0.05, 0) is 61.4 Å². The van der Waals surface area contributed by atoms with E-state index in [0.29, 0.717) is 5.92 Å². The second-order valence-electron chi connectivity index (χ2n) is 7.07. The zero-order chi connectivity index (χ0) is 15.5. The second kappa shape index (κ2) is 5.08. The first-order valence-electron chi connectivity index (χ1n) is 8.11. The predicted octanol–water partition coefficient (Wildman–Crippen LogP) is 3.77. The molecule has 0 aliphatic carbocycles. The molecule has 0 N–H and O–H groups in total. The Morgan fingerprint density at radius 2 is 2.23 bits per heavy atom. The predicted molar refractivity (Wildman–Crippen MR) is 93.3 cm³/mol. The van der Waals surface area contributed by atoms with Crippen LogP contribution in [0.3, 0.4) is 0 Å². The lowest BCUT2D eigenvalue weighted by Crippen LogP contribution is -2.48. The largest absolute Gasteiger partial charge is 0.368 e. The van der Waals surface area contributed by atoms with Crippen molar-refractivity contribution in [1.29, 1.82) is 0 Å². The molecule has 0 saturated heterocycles. The van der Waals surface area contributed by atoms with Crippen molar-refractivity contribution in [3.63, 3.8) is 0 Å². The van der Waals surface area contributed by atoms with Gasteiger partial charge < -0.3 is 14.2 Å². The molecule has 22 heavy (non-hydrogen) atoms. The van der Waals surface area contributed by atoms with Gasteiger partial charge >= 0.3 is 0 Å². The van der Waals surface area contributed by atoms with Crippen LogP contribution in [0, 0.1) is 5.92 Å². The molecule has 2 aliphatic rings. The molecule has 3 heterocycles. The molecule has 3 nitrogen and oxygen atoms in total. The standard InChI is InChI=1S/C18H23BrN2O/c1-18-12(11-20(2)3)7-9-21-16-13(5-4-6-15(16)19)14(17(18)21)8-10-22-18/h4-6,12H,7-11H2,1-3H3. The number of para-hydroxylation sites is 1. The summed E-state index contributed by atoms with van der Waals surface area (Å²) in [5, 5.41) is 1.41. The highest BCUT2D eigenvalue weighted by Crippen LogP contribution is 2.48. The fraction of sp³-hybridized carbons (Fsp3) is 0.556. The summed E-state index contributed by atoms with van der Waals surface area (Å²) in [7, 11) is 4.32. The van der Waals surface area contributed by atoms with E-state index in [2.05, 4.69) is 64.6 Å². The Hall–Kier alpha value is -0.840. The van der Waals surface area contributed by atoms with E-state index in [-0.39, 0.29) is 5.60 Å². The first kappa shape index (κ1) is 14.7. The van der Waals surface area contributed by atoms with Crippen LogP contribution < -0.4 is 0 Å². The summed E-state index contributed by atoms with van der Waals surface area (Å²) in [5.74, 6) is 0.553. The molecule has 2 aliphatic heterocycles. The molecule has 0 spiro atoms. The van der Waals surface area contributed by atoms with Gasteiger partial charge in [-0.2, -0.15) is 0 Å². The quantitative estimate of drug-likeness (QED) is 0.808. The van der Waals surface area contributed by atoms with Crippen molar-refractivity contribution in [2.24, 2.45) is 5.92 Å². The fourth-order valence-electron chi connectivity index (χ4n) is 4.49. The molecular weight excluding hydrogens is 340 g/mol. The van der Waals surface area contributed by atoms with Crippen LogP contribution in [0.25, 0.3) is 10.9 Å². The van der Waals surface area contributed by atoms with E-state index in [1.54, 1.807) is 0 Å². The number of aromatic nitrogens is 1. The zero-order valence-electron chi connectivity index (χ0n) is 13.5. The SMILES string of the molecule is CN(C)CC1CCn2c3c(c4cccc(Br)c42)CCOC31C. The van der Waals surface area contributed by atoms with Gasteiger partial charge in [-0.1, -0.05) is 12.1 Å². The summed E-state index contributed by atoms with van der Waals surface area (Å²) < 4.78 is 10.1. The molecule has 118 valence electrons. The number of halogens is 1. The summed E-state index contributed by atoms with van der Waals surface area (Å²) in [6.45, 7) is 5.31. The molecule has 0 radical (unpaired) electrons. The summed E-state index contributed by atoms with van der Waals surface area (Å²) in [4.78, 5) is 2.29. The van der Waals surface area contributed by atoms with Crippen LogP contribution in [-0.2, 0) is 23.3 Å². The van der Waals surface area contributed by atoms with Crippen molar-refractivity contribution < 1.29 is 4.74 Å². The van der Waals surface area contributed by atoms with Gasteiger partial charge in [0.1, 0.15) is 5.60 Å². The second-order valence-corrected chi connectivity index (χ2v) is 7.92. The molecule has 4 rings (SSSR count). The third-order valence-corrected chi connectivity index (χ3v) is 6.07. The van der Waals surface area contributed by atoms with Crippen LogP contribution in [0.1, 0.15) is 24.6 Å². The van der Waals surface area contributed by atoms with Crippen molar-refractivity contribution in [2.45, 2.75) is 31.9 Å². The monoisotopic (exact) mass is 362 g/mol. The summed E-state index contributed by atoms with van der Waals surface area (Å²) in [5.41, 5.74) is 4.13. The van der Waals surface area contributed by atoms with Gasteiger partial charge in [0.15, 0.2) is 0 Å². The van der Waals surface area contributed by atoms with Gasteiger partial charge in [0.05, 0.1) is 17.8 Å². The summed E-state index contributed by atoms with van der Waals surface area (Å²) in [6, 6.07) is 6.58. The molecule has 0 fully saturated rings. The maximum Gasteiger partial charge on any atom is 0.110 e. The lowest BCUT2D eigenvalue weighted by molar-refractivity contribution is -0.110. The maximum absolute atomic E-state index is 6.39. The molecular formula is C18H23BrN2O. The Balaban J connectivity index is 1.97. The van der Waals surface area contributed by atoms with E-state index in [0.717, 1.165) is 26.1 Å². The highest BCUT2D eigenvalue weighted by molar-refractivity contribution is 9.10. The number of benzene rings is 1. The zero-order valence-corrected chi connectivity index (χ0v) is 15.1. The van der Waals surface area contributed by atoms with Gasteiger partial charge in [0.2, 0.25) is 0 Å². The van der Waals surface area contributed by atoms with Crippen molar-refractivity contribution in [2.75, 3.05) is 27.2 Å². The average Bonchev–Trinajstić information content (AvgIpc) is 2.80. The van der Waals surface area contributed by atoms with Gasteiger partial charge in [0, 0.05) is 28.9 Å². The Morgan fingerprint density at radius 3 is 3.00 bits per heavy atom. The highest BCUT2D eigenvalue weighted by atomic mass is 79.9. The van der Waals surface area contributed by atoms with E-state index < -0.39 is 0 Å². The van der Waals surface area contributed by atoms with E-state index >= 15 is 0 Å². The Kier molecular flexibility index (Phi) is 3.40. The van der Waals surface area contributed by atoms with E-state index in [9.17, 15) is 0 Å². The van der Waals surface area contributed by atoms with Crippen molar-refractivity contribution in [3.05, 3.63) is 33.9 Å². The van der Waals surface area contributed by atoms with E-state index in [4.69, 9.17) is 4.74 Å². The Labute approximate surface area is 140 Å². The molecule has 2 unspecified atom stereocenters. The minimum atomic E-state index is -0.158. The number of nitrogens with zero attached hydrogens (tertiary/aromatic N) is 2. The summed E-state index contributed by atoms with van der Waals surface area (Å²) >= 11 is 3.76. The number of aryl methyl sites for hydroxylation is 1. The average molecular weight is 363 g/mol. The molecule has 0 amide bonds. The smallest absolute Gasteiger partial charge is 0.110 e. The minimum absolute atomic E-state index is 0.158. The highest BCUT2D eigenvalue weighted by Gasteiger charge is 2.46. The number of ether oxygens (including phenoxy) is 1. The number of rotatable bonds is 2. The lowest BCUT2D eigenvalue weighted by Gasteiger charge is -2.46. The fourth-order valence-corrected chi connectivity index (χ4v) is 5.07. The normalized spacial score (nSPS) is 27.4. The van der Waals surface area contributed by atoms with Crippen LogP contribution >= 0.6 is 15.9 Å². The molecule has 1 aromatic heterocycles. The van der Waals surface area contributed by atoms with Crippen molar-refractivity contribution in [1.82, 2.24) is 9.47 Å². The maximum atomic E-state index is 6.39. The third-order valence-electron chi connectivity index (χ3n) is 5.43. The van der Waals surface area contributed by atoms with Gasteiger partial charge in [-0.15, -0.1) is 0 Å². The topological polar surface area (TPSA) is 17.4 Å². The Morgan fingerprint density at radius 1 is 1.41 bits per heavy atom. The van der Waals surface area contributed by atoms with Crippen molar-refractivity contribution in [3.8, 4) is 0 Å². The first-order chi connectivity index (χ1) is 10.5. The van der Waals surface area contributed by atoms with Crippen LogP contribution in [0.5, 0.6) is 0 Å². The van der Waals surface area contributed by atoms with Crippen LogP contribution in [0.2, 0.25) is 0 Å². The molecule has 2 atom stereocenters. The first-order valence-corrected chi connectivity index (χ1v) is 8.90. The Bertz CT molecular complexity index is 736. The van der Waals surface area contributed by atoms with Crippen LogP contribution in [-0.4, -0.2) is 36.7 Å². The van der Waals surface area contributed by atoms with Gasteiger partial charge in [-0.25, -0.2) is 0 Å². The number of hydrogen-bond donors (Lipinski definition) is 0. The molecule has 2 aromatic rings. The van der Waals surface area contributed by atoms with Gasteiger partial charge in [-0.3, -0.25) is 0 Å². The minimum Gasteiger partial charge on any atom is -0.368 e. The third kappa shape index (κ3) is 1.93. The lowest BCUT2D eigenvalue weighted by atomic mass is 9.77. The van der Waals surface area contributed by atoms with Crippen molar-refractivity contribution >= 4 is 26.8 Å². The van der Waals surface area contributed by atoms with E-state index in [1.807, 2.05) is 0 Å². The molecule has 0 bridgehead atoms. The van der Waals surface area contributed by atoms with Crippen LogP contribution in [0.4, 0.5) is 0 Å².